The summed E-state index contributed by atoms with van der Waals surface area (Å²) in [6, 6.07) is 0. The summed E-state index contributed by atoms with van der Waals surface area (Å²) >= 11 is 1.17. The third kappa shape index (κ3) is 5.43. The van der Waals surface area contributed by atoms with Crippen LogP contribution in [0.1, 0.15) is 13.3 Å². The first-order valence-corrected chi connectivity index (χ1v) is 3.74. The number of hydrogen-bond acceptors (Lipinski definition) is 3. The van der Waals surface area contributed by atoms with Crippen molar-refractivity contribution in [2.45, 2.75) is 13.3 Å². The van der Waals surface area contributed by atoms with Crippen LogP contribution in [0, 0.1) is 0 Å². The molecule has 0 aliphatic heterocycles. The molecule has 2 nitrogen and oxygen atoms in total. The summed E-state index contributed by atoms with van der Waals surface area (Å²) in [6.07, 6.45) is 2.13. The molecule has 0 rings (SSSR count). The molecule has 0 aromatic rings. The molecule has 0 atom stereocenters. The fourth-order valence-corrected chi connectivity index (χ4v) is 0.794. The summed E-state index contributed by atoms with van der Waals surface area (Å²) in [5.41, 5.74) is 0. The maximum Gasteiger partial charge on any atom is 0.372 e. The third-order valence-corrected chi connectivity index (χ3v) is 1.55. The van der Waals surface area contributed by atoms with Gasteiger partial charge in [0.25, 0.3) is 0 Å². The fraction of sp³-hybridized carbons (Fsp3) is 0.500. The number of hydrogen-bond donors (Lipinski definition) is 0. The van der Waals surface area contributed by atoms with Gasteiger partial charge < -0.3 is 4.74 Å². The summed E-state index contributed by atoms with van der Waals surface area (Å²) in [6.45, 7) is 5.26. The van der Waals surface area contributed by atoms with Crippen molar-refractivity contribution in [1.29, 1.82) is 0 Å². The van der Waals surface area contributed by atoms with Crippen molar-refractivity contribution in [3.63, 3.8) is 0 Å². The summed E-state index contributed by atoms with van der Waals surface area (Å²) in [5, 5.41) is -0.271. The van der Waals surface area contributed by atoms with Gasteiger partial charge in [0.05, 0.1) is 6.26 Å². The fourth-order valence-electron chi connectivity index (χ4n) is 0.287. The molecule has 0 aliphatic carbocycles. The van der Waals surface area contributed by atoms with Gasteiger partial charge >= 0.3 is 5.30 Å². The predicted octanol–water partition coefficient (Wildman–Crippen LogP) is 2.41. The number of rotatable bonds is 3. The summed E-state index contributed by atoms with van der Waals surface area (Å²) in [5.74, 6) is 0.812. The molecule has 0 aromatic heterocycles. The van der Waals surface area contributed by atoms with E-state index in [9.17, 15) is 4.79 Å². The van der Waals surface area contributed by atoms with Crippen molar-refractivity contribution < 1.29 is 9.53 Å². The molecule has 0 bridgehead atoms. The Hall–Kier alpha value is -0.440. The zero-order valence-corrected chi connectivity index (χ0v) is 6.24. The highest BCUT2D eigenvalue weighted by atomic mass is 32.2. The summed E-state index contributed by atoms with van der Waals surface area (Å²) in [7, 11) is 0. The minimum atomic E-state index is -0.271. The van der Waals surface area contributed by atoms with Crippen molar-refractivity contribution in [2.24, 2.45) is 0 Å². The van der Waals surface area contributed by atoms with E-state index in [4.69, 9.17) is 0 Å². The van der Waals surface area contributed by atoms with Gasteiger partial charge in [-0.2, -0.15) is 0 Å². The van der Waals surface area contributed by atoms with E-state index in [-0.39, 0.29) is 5.30 Å². The van der Waals surface area contributed by atoms with Gasteiger partial charge in [-0.05, 0) is 18.2 Å². The van der Waals surface area contributed by atoms with Crippen LogP contribution < -0.4 is 0 Å². The topological polar surface area (TPSA) is 26.3 Å². The van der Waals surface area contributed by atoms with Crippen LogP contribution in [0.3, 0.4) is 0 Å². The van der Waals surface area contributed by atoms with E-state index >= 15 is 0 Å². The highest BCUT2D eigenvalue weighted by Gasteiger charge is 1.97. The zero-order valence-electron chi connectivity index (χ0n) is 5.42. The van der Waals surface area contributed by atoms with E-state index in [0.29, 0.717) is 0 Å². The molecule has 3 heteroatoms. The van der Waals surface area contributed by atoms with Crippen molar-refractivity contribution in [2.75, 3.05) is 5.75 Å². The van der Waals surface area contributed by atoms with Crippen LogP contribution in [0.5, 0.6) is 0 Å². The van der Waals surface area contributed by atoms with Crippen molar-refractivity contribution in [3.8, 4) is 0 Å². The Labute approximate surface area is 59.3 Å². The minimum absolute atomic E-state index is 0.271. The predicted molar refractivity (Wildman–Crippen MR) is 39.4 cm³/mol. The van der Waals surface area contributed by atoms with Gasteiger partial charge in [-0.1, -0.05) is 13.5 Å². The molecule has 0 aromatic carbocycles. The van der Waals surface area contributed by atoms with Crippen LogP contribution in [-0.2, 0) is 4.74 Å². The van der Waals surface area contributed by atoms with E-state index < -0.39 is 0 Å². The number of carbonyl (C=O) groups excluding carboxylic acids is 1. The molecule has 0 unspecified atom stereocenters. The zero-order chi connectivity index (χ0) is 7.11. The Morgan fingerprint density at radius 3 is 3.00 bits per heavy atom. The first-order chi connectivity index (χ1) is 4.31. The Kier molecular flexibility index (Phi) is 5.41. The number of carbonyl (C=O) groups is 1. The van der Waals surface area contributed by atoms with Gasteiger partial charge in [-0.25, -0.2) is 4.79 Å². The quantitative estimate of drug-likeness (QED) is 0.451. The molecular formula is C6H10O2S. The van der Waals surface area contributed by atoms with Gasteiger partial charge in [0, 0.05) is 5.75 Å². The van der Waals surface area contributed by atoms with Crippen LogP contribution in [0.15, 0.2) is 12.8 Å². The molecule has 0 N–H and O–H groups in total. The second kappa shape index (κ2) is 5.69. The van der Waals surface area contributed by atoms with E-state index in [1.165, 1.54) is 11.8 Å². The van der Waals surface area contributed by atoms with Gasteiger partial charge in [-0.15, -0.1) is 0 Å². The SMILES string of the molecule is C=COC(=O)SCCC. The molecule has 0 saturated heterocycles. The Morgan fingerprint density at radius 2 is 2.56 bits per heavy atom. The smallest absolute Gasteiger partial charge is 0.372 e. The van der Waals surface area contributed by atoms with Crippen LogP contribution >= 0.6 is 11.8 Å². The van der Waals surface area contributed by atoms with E-state index in [2.05, 4.69) is 11.3 Å². The Balaban J connectivity index is 3.16. The lowest BCUT2D eigenvalue weighted by molar-refractivity contribution is 0.214. The van der Waals surface area contributed by atoms with Crippen molar-refractivity contribution >= 4 is 17.1 Å². The standard InChI is InChI=1S/C6H10O2S/c1-3-5-9-6(7)8-4-2/h4H,2-3,5H2,1H3. The maximum atomic E-state index is 10.5. The van der Waals surface area contributed by atoms with Gasteiger partial charge in [0.1, 0.15) is 0 Å². The van der Waals surface area contributed by atoms with E-state index in [1.807, 2.05) is 6.92 Å². The molecule has 0 aliphatic rings. The average molecular weight is 146 g/mol. The third-order valence-electron chi connectivity index (χ3n) is 0.604. The Morgan fingerprint density at radius 1 is 1.89 bits per heavy atom. The molecule has 0 radical (unpaired) electrons. The molecular weight excluding hydrogens is 136 g/mol. The minimum Gasteiger partial charge on any atom is -0.427 e. The van der Waals surface area contributed by atoms with E-state index in [1.54, 1.807) is 0 Å². The Bertz CT molecular complexity index is 101. The highest BCUT2D eigenvalue weighted by Crippen LogP contribution is 2.05. The maximum absolute atomic E-state index is 10.5. The van der Waals surface area contributed by atoms with Crippen LogP contribution in [-0.4, -0.2) is 11.1 Å². The van der Waals surface area contributed by atoms with Crippen LogP contribution in [0.2, 0.25) is 0 Å². The monoisotopic (exact) mass is 146 g/mol. The largest absolute Gasteiger partial charge is 0.427 e. The lowest BCUT2D eigenvalue weighted by atomic mass is 10.6. The number of ether oxygens (including phenoxy) is 1. The molecule has 0 spiro atoms. The lowest BCUT2D eigenvalue weighted by Gasteiger charge is -1.93. The second-order valence-electron chi connectivity index (χ2n) is 1.38. The molecule has 0 heterocycles. The second-order valence-corrected chi connectivity index (χ2v) is 2.41. The van der Waals surface area contributed by atoms with Gasteiger partial charge in [-0.3, -0.25) is 0 Å². The van der Waals surface area contributed by atoms with Crippen molar-refractivity contribution in [3.05, 3.63) is 12.8 Å². The van der Waals surface area contributed by atoms with Gasteiger partial charge in [0.2, 0.25) is 0 Å². The summed E-state index contributed by atoms with van der Waals surface area (Å²) in [4.78, 5) is 10.5. The highest BCUT2D eigenvalue weighted by molar-refractivity contribution is 8.13. The lowest BCUT2D eigenvalue weighted by Crippen LogP contribution is -1.90. The molecule has 0 saturated carbocycles. The first-order valence-electron chi connectivity index (χ1n) is 2.75. The first kappa shape index (κ1) is 8.56. The van der Waals surface area contributed by atoms with Crippen LogP contribution in [0.25, 0.3) is 0 Å². The van der Waals surface area contributed by atoms with Gasteiger partial charge in [0.15, 0.2) is 0 Å². The van der Waals surface area contributed by atoms with E-state index in [0.717, 1.165) is 18.4 Å². The van der Waals surface area contributed by atoms with Crippen LogP contribution in [0.4, 0.5) is 4.79 Å². The van der Waals surface area contributed by atoms with Crippen molar-refractivity contribution in [1.82, 2.24) is 0 Å². The molecule has 9 heavy (non-hydrogen) atoms. The number of thioether (sulfide) groups is 1. The molecule has 0 fully saturated rings. The molecule has 0 amide bonds. The normalized spacial score (nSPS) is 8.56. The average Bonchev–Trinajstić information content (AvgIpc) is 1.85. The molecule has 52 valence electrons. The summed E-state index contributed by atoms with van der Waals surface area (Å²) < 4.78 is 4.43.